The van der Waals surface area contributed by atoms with Crippen molar-refractivity contribution in [2.75, 3.05) is 19.0 Å². The van der Waals surface area contributed by atoms with Crippen LogP contribution in [-0.4, -0.2) is 25.6 Å². The number of benzene rings is 1. The number of thiophene rings is 1. The van der Waals surface area contributed by atoms with E-state index in [2.05, 4.69) is 11.4 Å². The van der Waals surface area contributed by atoms with Crippen LogP contribution in [0.1, 0.15) is 51.2 Å². The van der Waals surface area contributed by atoms with E-state index in [4.69, 9.17) is 9.47 Å². The first-order valence-corrected chi connectivity index (χ1v) is 10.0. The molecule has 0 spiro atoms. The maximum absolute atomic E-state index is 12.3. The summed E-state index contributed by atoms with van der Waals surface area (Å²) in [5, 5.41) is 12.8. The maximum Gasteiger partial charge on any atom is 0.338 e. The molecule has 28 heavy (non-hydrogen) atoms. The summed E-state index contributed by atoms with van der Waals surface area (Å²) < 4.78 is 10.3. The first-order chi connectivity index (χ1) is 13.5. The predicted octanol–water partition coefficient (Wildman–Crippen LogP) is 4.00. The van der Waals surface area contributed by atoms with Gasteiger partial charge >= 0.3 is 5.97 Å². The van der Waals surface area contributed by atoms with Crippen molar-refractivity contribution in [2.45, 2.75) is 39.0 Å². The van der Waals surface area contributed by atoms with Crippen LogP contribution in [0.3, 0.4) is 0 Å². The van der Waals surface area contributed by atoms with Crippen molar-refractivity contribution in [3.8, 4) is 11.8 Å². The minimum absolute atomic E-state index is 0.316. The van der Waals surface area contributed by atoms with E-state index in [1.54, 1.807) is 18.2 Å². The van der Waals surface area contributed by atoms with Gasteiger partial charge in [0, 0.05) is 4.88 Å². The molecule has 0 unspecified atom stereocenters. The zero-order valence-corrected chi connectivity index (χ0v) is 16.8. The van der Waals surface area contributed by atoms with E-state index < -0.39 is 18.5 Å². The largest absolute Gasteiger partial charge is 0.496 e. The van der Waals surface area contributed by atoms with Crippen LogP contribution in [0.15, 0.2) is 18.2 Å². The molecule has 0 saturated carbocycles. The third-order valence-corrected chi connectivity index (χ3v) is 5.97. The van der Waals surface area contributed by atoms with Gasteiger partial charge in [0.15, 0.2) is 6.61 Å². The summed E-state index contributed by atoms with van der Waals surface area (Å²) in [7, 11) is 1.53. The highest BCUT2D eigenvalue weighted by molar-refractivity contribution is 7.16. The van der Waals surface area contributed by atoms with Gasteiger partial charge in [0.1, 0.15) is 16.8 Å². The van der Waals surface area contributed by atoms with Crippen molar-refractivity contribution in [1.29, 1.82) is 5.26 Å². The molecule has 1 aliphatic rings. The van der Waals surface area contributed by atoms with Crippen LogP contribution in [-0.2, 0) is 22.4 Å². The number of hydrogen-bond acceptors (Lipinski definition) is 6. The molecule has 1 amide bonds. The second kappa shape index (κ2) is 8.89. The molecule has 0 atom stereocenters. The van der Waals surface area contributed by atoms with E-state index in [1.165, 1.54) is 23.3 Å². The fourth-order valence-corrected chi connectivity index (χ4v) is 4.53. The molecule has 0 bridgehead atoms. The molecule has 2 aromatic rings. The number of ether oxygens (including phenoxy) is 2. The van der Waals surface area contributed by atoms with Crippen molar-refractivity contribution in [3.63, 3.8) is 0 Å². The molecule has 6 nitrogen and oxygen atoms in total. The molecular weight excluding hydrogens is 376 g/mol. The molecular formula is C21H22N2O4S. The Balaban J connectivity index is 1.63. The van der Waals surface area contributed by atoms with Gasteiger partial charge in [0.2, 0.25) is 0 Å². The second-order valence-electron chi connectivity index (χ2n) is 6.69. The van der Waals surface area contributed by atoms with Crippen LogP contribution in [0.2, 0.25) is 0 Å². The van der Waals surface area contributed by atoms with E-state index in [1.807, 2.05) is 6.92 Å². The molecule has 1 heterocycles. The molecule has 0 fully saturated rings. The summed E-state index contributed by atoms with van der Waals surface area (Å²) in [6, 6.07) is 7.19. The molecule has 1 aromatic heterocycles. The quantitative estimate of drug-likeness (QED) is 0.607. The summed E-state index contributed by atoms with van der Waals surface area (Å²) in [5.74, 6) is -0.478. The number of esters is 1. The summed E-state index contributed by atoms with van der Waals surface area (Å²) in [4.78, 5) is 25.6. The molecule has 0 radical (unpaired) electrons. The molecule has 1 aliphatic carbocycles. The standard InChI is InChI=1S/C21H22N2O4S/c1-13-8-9-14(10-17(13)26-2)21(25)27-12-19(24)23-20-16(11-22)15-6-4-3-5-7-18(15)28-20/h8-10H,3-7,12H2,1-2H3,(H,23,24). The van der Waals surface area contributed by atoms with Crippen LogP contribution in [0.25, 0.3) is 0 Å². The minimum atomic E-state index is -0.601. The van der Waals surface area contributed by atoms with Gasteiger partial charge in [0.25, 0.3) is 5.91 Å². The predicted molar refractivity (Wildman–Crippen MR) is 107 cm³/mol. The van der Waals surface area contributed by atoms with Gasteiger partial charge < -0.3 is 14.8 Å². The zero-order chi connectivity index (χ0) is 20.1. The number of nitrogens with zero attached hydrogens (tertiary/aromatic N) is 1. The highest BCUT2D eigenvalue weighted by atomic mass is 32.1. The first-order valence-electron chi connectivity index (χ1n) is 9.19. The monoisotopic (exact) mass is 398 g/mol. The molecule has 0 saturated heterocycles. The Morgan fingerprint density at radius 2 is 2.04 bits per heavy atom. The average Bonchev–Trinajstić information content (AvgIpc) is 2.85. The fourth-order valence-electron chi connectivity index (χ4n) is 3.27. The summed E-state index contributed by atoms with van der Waals surface area (Å²) in [6.45, 7) is 1.46. The number of methoxy groups -OCH3 is 1. The van der Waals surface area contributed by atoms with Crippen molar-refractivity contribution in [3.05, 3.63) is 45.3 Å². The van der Waals surface area contributed by atoms with Crippen LogP contribution in [0.4, 0.5) is 5.00 Å². The van der Waals surface area contributed by atoms with Crippen molar-refractivity contribution in [1.82, 2.24) is 0 Å². The van der Waals surface area contributed by atoms with Crippen LogP contribution in [0, 0.1) is 18.3 Å². The lowest BCUT2D eigenvalue weighted by Gasteiger charge is -2.08. The van der Waals surface area contributed by atoms with Gasteiger partial charge in [-0.1, -0.05) is 12.5 Å². The first kappa shape index (κ1) is 19.9. The molecule has 0 aliphatic heterocycles. The van der Waals surface area contributed by atoms with E-state index in [9.17, 15) is 14.9 Å². The second-order valence-corrected chi connectivity index (χ2v) is 7.79. The SMILES string of the molecule is COc1cc(C(=O)OCC(=O)Nc2sc3c(c2C#N)CCCCC3)ccc1C. The smallest absolute Gasteiger partial charge is 0.338 e. The molecule has 7 heteroatoms. The van der Waals surface area contributed by atoms with E-state index in [0.717, 1.165) is 43.2 Å². The Morgan fingerprint density at radius 3 is 2.79 bits per heavy atom. The van der Waals surface area contributed by atoms with E-state index in [-0.39, 0.29) is 0 Å². The number of rotatable bonds is 5. The fraction of sp³-hybridized carbons (Fsp3) is 0.381. The number of fused-ring (bicyclic) bond motifs is 1. The third kappa shape index (κ3) is 4.34. The van der Waals surface area contributed by atoms with E-state index >= 15 is 0 Å². The van der Waals surface area contributed by atoms with E-state index in [0.29, 0.717) is 21.9 Å². The Kier molecular flexibility index (Phi) is 6.32. The number of nitrogens with one attached hydrogen (secondary N) is 1. The third-order valence-electron chi connectivity index (χ3n) is 4.76. The summed E-state index contributed by atoms with van der Waals surface area (Å²) in [5.41, 5.74) is 2.82. The number of nitriles is 1. The number of carbonyl (C=O) groups is 2. The van der Waals surface area contributed by atoms with Crippen molar-refractivity contribution < 1.29 is 19.1 Å². The Morgan fingerprint density at radius 1 is 1.25 bits per heavy atom. The van der Waals surface area contributed by atoms with Crippen molar-refractivity contribution >= 4 is 28.2 Å². The number of amides is 1. The van der Waals surface area contributed by atoms with Crippen LogP contribution in [0.5, 0.6) is 5.75 Å². The van der Waals surface area contributed by atoms with Crippen molar-refractivity contribution in [2.24, 2.45) is 0 Å². The van der Waals surface area contributed by atoms with Gasteiger partial charge in [-0.05, 0) is 55.9 Å². The normalized spacial score (nSPS) is 13.0. The Hall–Kier alpha value is -2.85. The Labute approximate surface area is 168 Å². The topological polar surface area (TPSA) is 88.4 Å². The highest BCUT2D eigenvalue weighted by Gasteiger charge is 2.21. The highest BCUT2D eigenvalue weighted by Crippen LogP contribution is 2.36. The average molecular weight is 398 g/mol. The Bertz CT molecular complexity index is 943. The zero-order valence-electron chi connectivity index (χ0n) is 16.0. The minimum Gasteiger partial charge on any atom is -0.496 e. The number of carbonyl (C=O) groups excluding carboxylic acids is 2. The molecule has 1 aromatic carbocycles. The van der Waals surface area contributed by atoms with Gasteiger partial charge in [-0.3, -0.25) is 4.79 Å². The van der Waals surface area contributed by atoms with Crippen LogP contribution >= 0.6 is 11.3 Å². The lowest BCUT2D eigenvalue weighted by atomic mass is 10.1. The maximum atomic E-state index is 12.3. The van der Waals surface area contributed by atoms with Gasteiger partial charge in [-0.15, -0.1) is 11.3 Å². The number of aryl methyl sites for hydroxylation is 2. The molecule has 3 rings (SSSR count). The lowest BCUT2D eigenvalue weighted by molar-refractivity contribution is -0.119. The molecule has 146 valence electrons. The molecule has 1 N–H and O–H groups in total. The summed E-state index contributed by atoms with van der Waals surface area (Å²) >= 11 is 1.45. The lowest BCUT2D eigenvalue weighted by Crippen LogP contribution is -2.21. The van der Waals surface area contributed by atoms with Gasteiger partial charge in [0.05, 0.1) is 18.2 Å². The van der Waals surface area contributed by atoms with Gasteiger partial charge in [-0.25, -0.2) is 4.79 Å². The number of anilines is 1. The summed E-state index contributed by atoms with van der Waals surface area (Å²) in [6.07, 6.45) is 5.13. The number of hydrogen-bond donors (Lipinski definition) is 1. The van der Waals surface area contributed by atoms with Crippen LogP contribution < -0.4 is 10.1 Å². The van der Waals surface area contributed by atoms with Gasteiger partial charge in [-0.2, -0.15) is 5.26 Å².